The van der Waals surface area contributed by atoms with Crippen LogP contribution in [0, 0.1) is 0 Å². The smallest absolute Gasteiger partial charge is 0.244 e. The van der Waals surface area contributed by atoms with Crippen LogP contribution in [0.15, 0.2) is 52.0 Å². The van der Waals surface area contributed by atoms with E-state index in [1.807, 2.05) is 61.5 Å². The van der Waals surface area contributed by atoms with Gasteiger partial charge in [-0.25, -0.2) is 5.43 Å². The monoisotopic (exact) mass is 389 g/mol. The van der Waals surface area contributed by atoms with E-state index in [4.69, 9.17) is 4.74 Å². The summed E-state index contributed by atoms with van der Waals surface area (Å²) in [5, 5.41) is 4.00. The summed E-state index contributed by atoms with van der Waals surface area (Å²) in [5.74, 6) is 0.601. The summed E-state index contributed by atoms with van der Waals surface area (Å²) in [5.41, 5.74) is 5.42. The zero-order chi connectivity index (χ0) is 17.5. The van der Waals surface area contributed by atoms with E-state index in [9.17, 15) is 4.79 Å². The van der Waals surface area contributed by atoms with Crippen molar-refractivity contribution in [1.29, 1.82) is 0 Å². The number of methoxy groups -OCH3 is 1. The highest BCUT2D eigenvalue weighted by Gasteiger charge is 2.04. The van der Waals surface area contributed by atoms with Crippen LogP contribution < -0.4 is 15.1 Å². The quantitative estimate of drug-likeness (QED) is 0.609. The van der Waals surface area contributed by atoms with Crippen molar-refractivity contribution in [3.8, 4) is 5.75 Å². The van der Waals surface area contributed by atoms with Crippen LogP contribution in [0.3, 0.4) is 0 Å². The molecule has 0 spiro atoms. The fraction of sp³-hybridized carbons (Fsp3) is 0.222. The van der Waals surface area contributed by atoms with Crippen LogP contribution in [-0.4, -0.2) is 33.3 Å². The lowest BCUT2D eigenvalue weighted by Gasteiger charge is -2.14. The van der Waals surface area contributed by atoms with Gasteiger partial charge in [-0.05, 0) is 51.3 Å². The molecule has 2 rings (SSSR count). The minimum Gasteiger partial charge on any atom is -0.497 e. The highest BCUT2D eigenvalue weighted by molar-refractivity contribution is 9.10. The second-order valence-electron chi connectivity index (χ2n) is 5.42. The van der Waals surface area contributed by atoms with E-state index in [2.05, 4.69) is 26.5 Å². The molecule has 1 N–H and O–H groups in total. The third kappa shape index (κ3) is 5.09. The molecule has 0 radical (unpaired) electrons. The van der Waals surface area contributed by atoms with Crippen LogP contribution >= 0.6 is 15.9 Å². The Labute approximate surface area is 150 Å². The van der Waals surface area contributed by atoms with Gasteiger partial charge >= 0.3 is 0 Å². The molecule has 1 amide bonds. The number of hydrogen-bond acceptors (Lipinski definition) is 4. The zero-order valence-corrected chi connectivity index (χ0v) is 15.5. The van der Waals surface area contributed by atoms with Gasteiger partial charge in [-0.15, -0.1) is 0 Å². The molecule has 0 saturated carbocycles. The van der Waals surface area contributed by atoms with Crippen LogP contribution in [0.25, 0.3) is 0 Å². The average molecular weight is 390 g/mol. The standard InChI is InChI=1S/C18H20BrN3O2/c1-22(2)17-9-6-14(10-16(17)19)12-20-21-18(23)11-13-4-7-15(24-3)8-5-13/h4-10,12H,11H2,1-3H3,(H,21,23)/b20-12-. The molecule has 24 heavy (non-hydrogen) atoms. The highest BCUT2D eigenvalue weighted by Crippen LogP contribution is 2.25. The summed E-state index contributed by atoms with van der Waals surface area (Å²) < 4.78 is 6.06. The molecule has 2 aromatic rings. The van der Waals surface area contributed by atoms with Gasteiger partial charge in [-0.3, -0.25) is 4.79 Å². The number of ether oxygens (including phenoxy) is 1. The van der Waals surface area contributed by atoms with Gasteiger partial charge < -0.3 is 9.64 Å². The zero-order valence-electron chi connectivity index (χ0n) is 13.9. The molecule has 6 heteroatoms. The molecule has 0 aliphatic carbocycles. The Balaban J connectivity index is 1.90. The maximum Gasteiger partial charge on any atom is 0.244 e. The normalized spacial score (nSPS) is 10.7. The maximum atomic E-state index is 11.9. The molecule has 0 unspecified atom stereocenters. The molecule has 0 saturated heterocycles. The molecule has 0 atom stereocenters. The van der Waals surface area contributed by atoms with E-state index in [0.29, 0.717) is 0 Å². The Morgan fingerprint density at radius 2 is 1.96 bits per heavy atom. The Hall–Kier alpha value is -2.34. The van der Waals surface area contributed by atoms with Crippen LogP contribution in [0.5, 0.6) is 5.75 Å². The van der Waals surface area contributed by atoms with Gasteiger partial charge in [0.1, 0.15) is 5.75 Å². The summed E-state index contributed by atoms with van der Waals surface area (Å²) >= 11 is 3.52. The van der Waals surface area contributed by atoms with E-state index < -0.39 is 0 Å². The topological polar surface area (TPSA) is 53.9 Å². The molecule has 0 aromatic heterocycles. The second-order valence-corrected chi connectivity index (χ2v) is 6.28. The number of halogens is 1. The lowest BCUT2D eigenvalue weighted by Crippen LogP contribution is -2.19. The predicted octanol–water partition coefficient (Wildman–Crippen LogP) is 3.22. The summed E-state index contributed by atoms with van der Waals surface area (Å²) in [7, 11) is 5.57. The van der Waals surface area contributed by atoms with Crippen LogP contribution in [0.4, 0.5) is 5.69 Å². The van der Waals surface area contributed by atoms with Gasteiger partial charge in [-0.1, -0.05) is 18.2 Å². The summed E-state index contributed by atoms with van der Waals surface area (Å²) in [4.78, 5) is 13.9. The number of anilines is 1. The molecular weight excluding hydrogens is 370 g/mol. The van der Waals surface area contributed by atoms with E-state index in [-0.39, 0.29) is 12.3 Å². The number of amides is 1. The molecule has 5 nitrogen and oxygen atoms in total. The highest BCUT2D eigenvalue weighted by atomic mass is 79.9. The van der Waals surface area contributed by atoms with Gasteiger partial charge in [0.15, 0.2) is 0 Å². The minimum absolute atomic E-state index is 0.166. The van der Waals surface area contributed by atoms with E-state index >= 15 is 0 Å². The lowest BCUT2D eigenvalue weighted by atomic mass is 10.1. The van der Waals surface area contributed by atoms with Gasteiger partial charge in [0.2, 0.25) is 5.91 Å². The Bertz CT molecular complexity index is 728. The van der Waals surface area contributed by atoms with Crippen molar-refractivity contribution in [2.24, 2.45) is 5.10 Å². The van der Waals surface area contributed by atoms with Crippen LogP contribution in [-0.2, 0) is 11.2 Å². The third-order valence-corrected chi connectivity index (χ3v) is 4.02. The number of nitrogens with zero attached hydrogens (tertiary/aromatic N) is 2. The first kappa shape index (κ1) is 18.0. The lowest BCUT2D eigenvalue weighted by molar-refractivity contribution is -0.120. The Morgan fingerprint density at radius 1 is 1.25 bits per heavy atom. The molecule has 0 aliphatic heterocycles. The van der Waals surface area contributed by atoms with Crippen molar-refractivity contribution in [1.82, 2.24) is 5.43 Å². The Morgan fingerprint density at radius 3 is 2.54 bits per heavy atom. The summed E-state index contributed by atoms with van der Waals surface area (Å²) in [6, 6.07) is 13.3. The minimum atomic E-state index is -0.166. The van der Waals surface area contributed by atoms with Crippen molar-refractivity contribution in [2.45, 2.75) is 6.42 Å². The second kappa shape index (κ2) is 8.49. The van der Waals surface area contributed by atoms with Gasteiger partial charge in [0.05, 0.1) is 25.4 Å². The van der Waals surface area contributed by atoms with Gasteiger partial charge in [0, 0.05) is 18.6 Å². The number of benzene rings is 2. The molecule has 0 fully saturated rings. The van der Waals surface area contributed by atoms with Gasteiger partial charge in [-0.2, -0.15) is 5.10 Å². The van der Waals surface area contributed by atoms with Crippen LogP contribution in [0.1, 0.15) is 11.1 Å². The summed E-state index contributed by atoms with van der Waals surface area (Å²) in [6.07, 6.45) is 1.89. The Kier molecular flexibility index (Phi) is 6.37. The van der Waals surface area contributed by atoms with Crippen molar-refractivity contribution in [2.75, 3.05) is 26.1 Å². The average Bonchev–Trinajstić information content (AvgIpc) is 2.55. The van der Waals surface area contributed by atoms with Crippen molar-refractivity contribution in [3.05, 3.63) is 58.1 Å². The summed E-state index contributed by atoms with van der Waals surface area (Å²) in [6.45, 7) is 0. The molecule has 0 heterocycles. The molecule has 2 aromatic carbocycles. The van der Waals surface area contributed by atoms with Crippen molar-refractivity contribution in [3.63, 3.8) is 0 Å². The maximum absolute atomic E-state index is 11.9. The number of carbonyl (C=O) groups is 1. The number of carbonyl (C=O) groups excluding carboxylic acids is 1. The van der Waals surface area contributed by atoms with E-state index in [1.165, 1.54) is 0 Å². The SMILES string of the molecule is COc1ccc(CC(=O)N/N=C\c2ccc(N(C)C)c(Br)c2)cc1. The first-order chi connectivity index (χ1) is 11.5. The number of hydrogen-bond donors (Lipinski definition) is 1. The molecule has 0 bridgehead atoms. The first-order valence-corrected chi connectivity index (χ1v) is 8.20. The first-order valence-electron chi connectivity index (χ1n) is 7.41. The fourth-order valence-electron chi connectivity index (χ4n) is 2.11. The van der Waals surface area contributed by atoms with E-state index in [1.54, 1.807) is 13.3 Å². The van der Waals surface area contributed by atoms with Crippen LogP contribution in [0.2, 0.25) is 0 Å². The van der Waals surface area contributed by atoms with Crippen molar-refractivity contribution >= 4 is 33.7 Å². The van der Waals surface area contributed by atoms with E-state index in [0.717, 1.165) is 27.0 Å². The number of rotatable bonds is 6. The number of hydrazone groups is 1. The predicted molar refractivity (Wildman–Crippen MR) is 101 cm³/mol. The third-order valence-electron chi connectivity index (χ3n) is 3.38. The van der Waals surface area contributed by atoms with Crippen molar-refractivity contribution < 1.29 is 9.53 Å². The molecule has 126 valence electrons. The fourth-order valence-corrected chi connectivity index (χ4v) is 2.86. The van der Waals surface area contributed by atoms with Gasteiger partial charge in [0.25, 0.3) is 0 Å². The largest absolute Gasteiger partial charge is 0.497 e. The number of nitrogens with one attached hydrogen (secondary N) is 1. The molecule has 0 aliphatic rings. The molecular formula is C18H20BrN3O2.